The summed E-state index contributed by atoms with van der Waals surface area (Å²) < 4.78 is 11.4. The molecule has 1 heterocycles. The van der Waals surface area contributed by atoms with E-state index in [4.69, 9.17) is 9.15 Å². The van der Waals surface area contributed by atoms with E-state index in [0.29, 0.717) is 12.5 Å². The molecule has 2 rings (SSSR count). The average molecular weight is 279 g/mol. The molecule has 1 aliphatic rings. The minimum atomic E-state index is 0.613. The van der Waals surface area contributed by atoms with Gasteiger partial charge in [-0.15, -0.1) is 0 Å². The highest BCUT2D eigenvalue weighted by molar-refractivity contribution is 5.16. The molecule has 1 fully saturated rings. The van der Waals surface area contributed by atoms with Gasteiger partial charge in [0.2, 0.25) is 0 Å². The predicted molar refractivity (Wildman–Crippen MR) is 81.5 cm³/mol. The minimum absolute atomic E-state index is 0.613. The third-order valence-corrected chi connectivity index (χ3v) is 4.02. The molecule has 0 aromatic carbocycles. The highest BCUT2D eigenvalue weighted by atomic mass is 16.5. The van der Waals surface area contributed by atoms with Crippen molar-refractivity contribution in [3.63, 3.8) is 0 Å². The zero-order valence-corrected chi connectivity index (χ0v) is 13.0. The summed E-state index contributed by atoms with van der Waals surface area (Å²) in [7, 11) is 0. The van der Waals surface area contributed by atoms with Crippen LogP contribution in [0.25, 0.3) is 0 Å². The summed E-state index contributed by atoms with van der Waals surface area (Å²) in [6, 6.07) is 2.05. The third-order valence-electron chi connectivity index (χ3n) is 4.02. The van der Waals surface area contributed by atoms with Crippen LogP contribution in [-0.2, 0) is 17.9 Å². The summed E-state index contributed by atoms with van der Waals surface area (Å²) in [6.07, 6.45) is 8.59. The number of nitrogens with one attached hydrogen (secondary N) is 1. The summed E-state index contributed by atoms with van der Waals surface area (Å²) in [4.78, 5) is 0. The van der Waals surface area contributed by atoms with Crippen molar-refractivity contribution in [1.29, 1.82) is 0 Å². The molecule has 1 aromatic rings. The summed E-state index contributed by atoms with van der Waals surface area (Å²) >= 11 is 0. The van der Waals surface area contributed by atoms with Crippen molar-refractivity contribution < 1.29 is 9.15 Å². The van der Waals surface area contributed by atoms with Crippen LogP contribution in [0.1, 0.15) is 57.3 Å². The van der Waals surface area contributed by atoms with Gasteiger partial charge in [-0.3, -0.25) is 0 Å². The van der Waals surface area contributed by atoms with Gasteiger partial charge >= 0.3 is 0 Å². The summed E-state index contributed by atoms with van der Waals surface area (Å²) in [5.74, 6) is 2.42. The van der Waals surface area contributed by atoms with E-state index in [1.165, 1.54) is 37.7 Å². The number of rotatable bonds is 8. The third kappa shape index (κ3) is 5.29. The van der Waals surface area contributed by atoms with E-state index >= 15 is 0 Å². The molecule has 0 amide bonds. The van der Waals surface area contributed by atoms with E-state index in [1.807, 2.05) is 6.07 Å². The molecule has 1 aliphatic carbocycles. The van der Waals surface area contributed by atoms with Crippen LogP contribution in [0.4, 0.5) is 0 Å². The van der Waals surface area contributed by atoms with Gasteiger partial charge in [0, 0.05) is 18.7 Å². The molecule has 3 heteroatoms. The van der Waals surface area contributed by atoms with Crippen LogP contribution in [-0.4, -0.2) is 13.2 Å². The van der Waals surface area contributed by atoms with Crippen molar-refractivity contribution >= 4 is 0 Å². The van der Waals surface area contributed by atoms with E-state index < -0.39 is 0 Å². The van der Waals surface area contributed by atoms with E-state index in [9.17, 15) is 0 Å². The van der Waals surface area contributed by atoms with Gasteiger partial charge < -0.3 is 14.5 Å². The Labute approximate surface area is 123 Å². The van der Waals surface area contributed by atoms with Gasteiger partial charge in [0.15, 0.2) is 0 Å². The van der Waals surface area contributed by atoms with Crippen LogP contribution in [0.5, 0.6) is 0 Å². The van der Waals surface area contributed by atoms with Crippen LogP contribution in [0, 0.1) is 11.8 Å². The lowest BCUT2D eigenvalue weighted by atomic mass is 9.90. The molecule has 0 aliphatic heterocycles. The molecule has 0 bridgehead atoms. The second kappa shape index (κ2) is 8.48. The summed E-state index contributed by atoms with van der Waals surface area (Å²) in [5.41, 5.74) is 1.23. The minimum Gasteiger partial charge on any atom is -0.467 e. The predicted octanol–water partition coefficient (Wildman–Crippen LogP) is 4.12. The van der Waals surface area contributed by atoms with Crippen molar-refractivity contribution in [2.75, 3.05) is 13.2 Å². The fourth-order valence-corrected chi connectivity index (χ4v) is 2.82. The Bertz CT molecular complexity index is 367. The fourth-order valence-electron chi connectivity index (χ4n) is 2.82. The number of ether oxygens (including phenoxy) is 1. The van der Waals surface area contributed by atoms with Gasteiger partial charge in [-0.25, -0.2) is 0 Å². The molecule has 0 spiro atoms. The first-order chi connectivity index (χ1) is 9.75. The first-order valence-electron chi connectivity index (χ1n) is 8.09. The van der Waals surface area contributed by atoms with E-state index in [1.54, 1.807) is 6.26 Å². The molecular weight excluding hydrogens is 250 g/mol. The van der Waals surface area contributed by atoms with Crippen LogP contribution in [0.2, 0.25) is 0 Å². The van der Waals surface area contributed by atoms with Gasteiger partial charge in [0.25, 0.3) is 0 Å². The lowest BCUT2D eigenvalue weighted by Gasteiger charge is -2.21. The lowest BCUT2D eigenvalue weighted by Crippen LogP contribution is -2.19. The lowest BCUT2D eigenvalue weighted by molar-refractivity contribution is 0.0631. The quantitative estimate of drug-likeness (QED) is 0.777. The molecule has 0 radical (unpaired) electrons. The summed E-state index contributed by atoms with van der Waals surface area (Å²) in [5, 5.41) is 3.45. The molecular formula is C17H29NO2. The number of furan rings is 1. The molecule has 114 valence electrons. The summed E-state index contributed by atoms with van der Waals surface area (Å²) in [6.45, 7) is 7.85. The van der Waals surface area contributed by atoms with Gasteiger partial charge in [0.05, 0.1) is 6.26 Å². The zero-order valence-electron chi connectivity index (χ0n) is 13.0. The van der Waals surface area contributed by atoms with E-state index in [-0.39, 0.29) is 0 Å². The molecule has 20 heavy (non-hydrogen) atoms. The molecule has 0 atom stereocenters. The second-order valence-electron chi connectivity index (χ2n) is 6.41. The van der Waals surface area contributed by atoms with E-state index in [2.05, 4.69) is 19.2 Å². The van der Waals surface area contributed by atoms with Crippen LogP contribution >= 0.6 is 0 Å². The van der Waals surface area contributed by atoms with Crippen molar-refractivity contribution in [1.82, 2.24) is 5.32 Å². The Balaban J connectivity index is 1.68. The SMILES string of the molecule is CC(C)CNCc1ccoc1COCC1CCCCC1. The molecule has 1 N–H and O–H groups in total. The first-order valence-corrected chi connectivity index (χ1v) is 8.09. The molecule has 1 aromatic heterocycles. The Morgan fingerprint density at radius 2 is 2.10 bits per heavy atom. The van der Waals surface area contributed by atoms with E-state index in [0.717, 1.165) is 31.4 Å². The standard InChI is InChI=1S/C17H29NO2/c1-14(2)10-18-11-16-8-9-20-17(16)13-19-12-15-6-4-3-5-7-15/h8-9,14-15,18H,3-7,10-13H2,1-2H3. The maximum Gasteiger partial charge on any atom is 0.133 e. The smallest absolute Gasteiger partial charge is 0.133 e. The Morgan fingerprint density at radius 1 is 1.30 bits per heavy atom. The maximum atomic E-state index is 5.86. The first kappa shape index (κ1) is 15.6. The van der Waals surface area contributed by atoms with Crippen LogP contribution < -0.4 is 5.32 Å². The zero-order chi connectivity index (χ0) is 14.2. The Hall–Kier alpha value is -0.800. The van der Waals surface area contributed by atoms with Crippen LogP contribution in [0.15, 0.2) is 16.7 Å². The van der Waals surface area contributed by atoms with Crippen molar-refractivity contribution in [2.24, 2.45) is 11.8 Å². The second-order valence-corrected chi connectivity index (χ2v) is 6.41. The van der Waals surface area contributed by atoms with Gasteiger partial charge in [-0.2, -0.15) is 0 Å². The Kier molecular flexibility index (Phi) is 6.61. The van der Waals surface area contributed by atoms with Crippen molar-refractivity contribution in [3.05, 3.63) is 23.7 Å². The van der Waals surface area contributed by atoms with Crippen molar-refractivity contribution in [3.8, 4) is 0 Å². The number of hydrogen-bond acceptors (Lipinski definition) is 3. The average Bonchev–Trinajstić information content (AvgIpc) is 2.87. The fraction of sp³-hybridized carbons (Fsp3) is 0.765. The topological polar surface area (TPSA) is 34.4 Å². The Morgan fingerprint density at radius 3 is 2.85 bits per heavy atom. The number of hydrogen-bond donors (Lipinski definition) is 1. The van der Waals surface area contributed by atoms with Gasteiger partial charge in [0.1, 0.15) is 12.4 Å². The highest BCUT2D eigenvalue weighted by Gasteiger charge is 2.14. The monoisotopic (exact) mass is 279 g/mol. The van der Waals surface area contributed by atoms with Gasteiger partial charge in [-0.05, 0) is 37.3 Å². The van der Waals surface area contributed by atoms with Gasteiger partial charge in [-0.1, -0.05) is 33.1 Å². The molecule has 0 unspecified atom stereocenters. The molecule has 3 nitrogen and oxygen atoms in total. The maximum absolute atomic E-state index is 5.86. The van der Waals surface area contributed by atoms with Crippen LogP contribution in [0.3, 0.4) is 0 Å². The van der Waals surface area contributed by atoms with Crippen molar-refractivity contribution in [2.45, 2.75) is 59.1 Å². The normalized spacial score (nSPS) is 16.9. The highest BCUT2D eigenvalue weighted by Crippen LogP contribution is 2.24. The molecule has 1 saturated carbocycles. The molecule has 0 saturated heterocycles. The largest absolute Gasteiger partial charge is 0.467 e.